The smallest absolute Gasteiger partial charge is 0.387 e. The molecule has 0 aliphatic carbocycles. The van der Waals surface area contributed by atoms with Crippen LogP contribution in [-0.4, -0.2) is 19.6 Å². The zero-order valence-corrected chi connectivity index (χ0v) is 16.3. The van der Waals surface area contributed by atoms with Crippen molar-refractivity contribution >= 4 is 5.91 Å². The van der Waals surface area contributed by atoms with Crippen molar-refractivity contribution in [3.8, 4) is 17.2 Å². The summed E-state index contributed by atoms with van der Waals surface area (Å²) in [6.45, 7) is -2.42. The van der Waals surface area contributed by atoms with Crippen LogP contribution in [0.4, 0.5) is 8.78 Å². The second-order valence-electron chi connectivity index (χ2n) is 6.32. The van der Waals surface area contributed by atoms with E-state index in [1.165, 1.54) is 13.2 Å². The van der Waals surface area contributed by atoms with Gasteiger partial charge in [-0.05, 0) is 35.4 Å². The molecule has 0 aliphatic rings. The fourth-order valence-corrected chi connectivity index (χ4v) is 2.81. The van der Waals surface area contributed by atoms with Gasteiger partial charge in [-0.1, -0.05) is 48.5 Å². The van der Waals surface area contributed by atoms with Gasteiger partial charge < -0.3 is 19.5 Å². The number of alkyl halides is 2. The molecule has 0 heterocycles. The highest BCUT2D eigenvalue weighted by atomic mass is 19.3. The average molecular weight is 413 g/mol. The van der Waals surface area contributed by atoms with E-state index in [-0.39, 0.29) is 24.0 Å². The van der Waals surface area contributed by atoms with E-state index in [0.29, 0.717) is 23.4 Å². The first-order chi connectivity index (χ1) is 14.6. The first-order valence-corrected chi connectivity index (χ1v) is 9.22. The number of nitrogens with one attached hydrogen (secondary N) is 1. The summed E-state index contributed by atoms with van der Waals surface area (Å²) in [6, 6.07) is 21.0. The lowest BCUT2D eigenvalue weighted by molar-refractivity contribution is -0.0512. The van der Waals surface area contributed by atoms with Crippen molar-refractivity contribution in [3.63, 3.8) is 0 Å². The molecule has 1 N–H and O–H groups in total. The van der Waals surface area contributed by atoms with E-state index >= 15 is 0 Å². The summed E-state index contributed by atoms with van der Waals surface area (Å²) in [4.78, 5) is 12.6. The Morgan fingerprint density at radius 3 is 2.37 bits per heavy atom. The van der Waals surface area contributed by atoms with Crippen LogP contribution in [0.25, 0.3) is 0 Å². The van der Waals surface area contributed by atoms with Gasteiger partial charge in [-0.15, -0.1) is 0 Å². The molecule has 0 radical (unpaired) electrons. The lowest BCUT2D eigenvalue weighted by atomic mass is 10.1. The van der Waals surface area contributed by atoms with E-state index in [4.69, 9.17) is 9.47 Å². The maximum Gasteiger partial charge on any atom is 0.387 e. The number of amides is 1. The van der Waals surface area contributed by atoms with Crippen LogP contribution in [0.1, 0.15) is 21.5 Å². The maximum absolute atomic E-state index is 12.6. The molecule has 0 unspecified atom stereocenters. The highest BCUT2D eigenvalue weighted by molar-refractivity contribution is 5.96. The van der Waals surface area contributed by atoms with E-state index in [0.717, 1.165) is 5.56 Å². The van der Waals surface area contributed by atoms with Gasteiger partial charge in [-0.25, -0.2) is 0 Å². The normalized spacial score (nSPS) is 10.5. The molecule has 30 heavy (non-hydrogen) atoms. The van der Waals surface area contributed by atoms with E-state index in [1.54, 1.807) is 36.4 Å². The largest absolute Gasteiger partial charge is 0.493 e. The third-order valence-corrected chi connectivity index (χ3v) is 4.27. The zero-order chi connectivity index (χ0) is 21.3. The number of halogens is 2. The molecule has 3 rings (SSSR count). The predicted molar refractivity (Wildman–Crippen MR) is 108 cm³/mol. The van der Waals surface area contributed by atoms with Crippen LogP contribution in [0.5, 0.6) is 17.2 Å². The Kier molecular flexibility index (Phi) is 7.21. The molecule has 3 aromatic carbocycles. The quantitative estimate of drug-likeness (QED) is 0.547. The van der Waals surface area contributed by atoms with Crippen LogP contribution >= 0.6 is 0 Å². The maximum atomic E-state index is 12.6. The number of carbonyl (C=O) groups excluding carboxylic acids is 1. The van der Waals surface area contributed by atoms with Gasteiger partial charge in [0.1, 0.15) is 12.4 Å². The minimum atomic E-state index is -2.94. The summed E-state index contributed by atoms with van der Waals surface area (Å²) in [5.41, 5.74) is 2.06. The molecule has 3 aromatic rings. The standard InChI is InChI=1S/C23H21F2NO4/c1-28-21-13-17(11-12-20(21)30-23(24)25)15-29-19-10-6-5-9-18(19)22(27)26-14-16-7-3-2-4-8-16/h2-13,23H,14-15H2,1H3,(H,26,27). The summed E-state index contributed by atoms with van der Waals surface area (Å²) in [7, 11) is 1.37. The van der Waals surface area contributed by atoms with Crippen molar-refractivity contribution in [3.05, 3.63) is 89.5 Å². The number of hydrogen-bond acceptors (Lipinski definition) is 4. The molecule has 0 saturated heterocycles. The zero-order valence-electron chi connectivity index (χ0n) is 16.3. The number of para-hydroxylation sites is 1. The molecule has 0 aromatic heterocycles. The Hall–Kier alpha value is -3.61. The Bertz CT molecular complexity index is 980. The van der Waals surface area contributed by atoms with E-state index in [1.807, 2.05) is 30.3 Å². The first kappa shape index (κ1) is 21.1. The van der Waals surface area contributed by atoms with Gasteiger partial charge >= 0.3 is 6.61 Å². The van der Waals surface area contributed by atoms with Gasteiger partial charge in [0.05, 0.1) is 12.7 Å². The van der Waals surface area contributed by atoms with Crippen molar-refractivity contribution < 1.29 is 27.8 Å². The van der Waals surface area contributed by atoms with E-state index in [9.17, 15) is 13.6 Å². The van der Waals surface area contributed by atoms with E-state index in [2.05, 4.69) is 10.1 Å². The molecule has 1 amide bonds. The second kappa shape index (κ2) is 10.2. The van der Waals surface area contributed by atoms with Crippen LogP contribution < -0.4 is 19.5 Å². The summed E-state index contributed by atoms with van der Waals surface area (Å²) >= 11 is 0. The van der Waals surface area contributed by atoms with Crippen molar-refractivity contribution in [2.45, 2.75) is 19.8 Å². The second-order valence-corrected chi connectivity index (χ2v) is 6.32. The number of ether oxygens (including phenoxy) is 3. The molecule has 7 heteroatoms. The van der Waals surface area contributed by atoms with Crippen molar-refractivity contribution in [2.75, 3.05) is 7.11 Å². The molecule has 156 valence electrons. The van der Waals surface area contributed by atoms with Gasteiger partial charge in [0, 0.05) is 6.54 Å². The van der Waals surface area contributed by atoms with Gasteiger partial charge in [0.25, 0.3) is 5.91 Å². The Balaban J connectivity index is 1.67. The fraction of sp³-hybridized carbons (Fsp3) is 0.174. The molecule has 0 bridgehead atoms. The molecule has 0 atom stereocenters. The molecule has 0 aliphatic heterocycles. The molecular weight excluding hydrogens is 392 g/mol. The summed E-state index contributed by atoms with van der Waals surface area (Å²) < 4.78 is 40.2. The van der Waals surface area contributed by atoms with Gasteiger partial charge in [0.2, 0.25) is 0 Å². The predicted octanol–water partition coefficient (Wildman–Crippen LogP) is 4.81. The first-order valence-electron chi connectivity index (χ1n) is 9.22. The third kappa shape index (κ3) is 5.70. The van der Waals surface area contributed by atoms with Crippen molar-refractivity contribution in [1.29, 1.82) is 0 Å². The van der Waals surface area contributed by atoms with Crippen molar-refractivity contribution in [2.24, 2.45) is 0 Å². The Labute approximate surface area is 173 Å². The highest BCUT2D eigenvalue weighted by Crippen LogP contribution is 2.30. The van der Waals surface area contributed by atoms with E-state index < -0.39 is 6.61 Å². The van der Waals surface area contributed by atoms with Crippen molar-refractivity contribution in [1.82, 2.24) is 5.32 Å². The SMILES string of the molecule is COc1cc(COc2ccccc2C(=O)NCc2ccccc2)ccc1OC(F)F. The summed E-state index contributed by atoms with van der Waals surface area (Å²) in [5.74, 6) is 0.268. The van der Waals surface area contributed by atoms with Crippen LogP contribution in [0.2, 0.25) is 0 Å². The summed E-state index contributed by atoms with van der Waals surface area (Å²) in [6.07, 6.45) is 0. The lowest BCUT2D eigenvalue weighted by Crippen LogP contribution is -2.23. The minimum absolute atomic E-state index is 0.0584. The third-order valence-electron chi connectivity index (χ3n) is 4.27. The fourth-order valence-electron chi connectivity index (χ4n) is 2.81. The minimum Gasteiger partial charge on any atom is -0.493 e. The van der Waals surface area contributed by atoms with Crippen LogP contribution in [-0.2, 0) is 13.2 Å². The molecule has 0 spiro atoms. The van der Waals surface area contributed by atoms with Crippen LogP contribution in [0.3, 0.4) is 0 Å². The topological polar surface area (TPSA) is 56.8 Å². The molecule has 5 nitrogen and oxygen atoms in total. The average Bonchev–Trinajstić information content (AvgIpc) is 2.77. The lowest BCUT2D eigenvalue weighted by Gasteiger charge is -2.14. The van der Waals surface area contributed by atoms with Gasteiger partial charge in [0.15, 0.2) is 11.5 Å². The monoisotopic (exact) mass is 413 g/mol. The number of hydrogen-bond donors (Lipinski definition) is 1. The number of methoxy groups -OCH3 is 1. The molecular formula is C23H21F2NO4. The Morgan fingerprint density at radius 2 is 1.63 bits per heavy atom. The number of carbonyl (C=O) groups is 1. The van der Waals surface area contributed by atoms with Gasteiger partial charge in [-0.3, -0.25) is 4.79 Å². The van der Waals surface area contributed by atoms with Crippen LogP contribution in [0.15, 0.2) is 72.8 Å². The molecule has 0 saturated carbocycles. The molecule has 0 fully saturated rings. The van der Waals surface area contributed by atoms with Gasteiger partial charge in [-0.2, -0.15) is 8.78 Å². The number of rotatable bonds is 9. The number of benzene rings is 3. The van der Waals surface area contributed by atoms with Crippen LogP contribution in [0, 0.1) is 0 Å². The summed E-state index contributed by atoms with van der Waals surface area (Å²) in [5, 5.41) is 2.87. The highest BCUT2D eigenvalue weighted by Gasteiger charge is 2.14. The Morgan fingerprint density at radius 1 is 0.900 bits per heavy atom.